The zero-order valence-electron chi connectivity index (χ0n) is 12.9. The number of aliphatic hydroxyl groups is 3. The molecular formula is C16H18O9. The molecule has 1 aliphatic carbocycles. The van der Waals surface area contributed by atoms with E-state index in [4.69, 9.17) is 9.84 Å². The van der Waals surface area contributed by atoms with E-state index in [0.717, 1.165) is 6.08 Å². The molecule has 6 N–H and O–H groups in total. The Balaban J connectivity index is 2.06. The maximum absolute atomic E-state index is 11.8. The van der Waals surface area contributed by atoms with Gasteiger partial charge in [0.2, 0.25) is 0 Å². The molecule has 0 bridgehead atoms. The van der Waals surface area contributed by atoms with E-state index in [2.05, 4.69) is 0 Å². The Morgan fingerprint density at radius 1 is 1.16 bits per heavy atom. The minimum atomic E-state index is -2.31. The van der Waals surface area contributed by atoms with Crippen molar-refractivity contribution in [2.45, 2.75) is 36.8 Å². The van der Waals surface area contributed by atoms with Gasteiger partial charge >= 0.3 is 11.9 Å². The molecule has 9 nitrogen and oxygen atoms in total. The molecule has 0 aliphatic heterocycles. The summed E-state index contributed by atoms with van der Waals surface area (Å²) < 4.78 is 4.92. The molecule has 0 amide bonds. The molecule has 25 heavy (non-hydrogen) atoms. The molecule has 1 unspecified atom stereocenters. The molecule has 1 aromatic rings. The molecule has 1 aromatic carbocycles. The lowest BCUT2D eigenvalue weighted by molar-refractivity contribution is -0.196. The number of carbonyl (C=O) groups excluding carboxylic acids is 1. The van der Waals surface area contributed by atoms with Crippen molar-refractivity contribution in [1.29, 1.82) is 0 Å². The first-order valence-electron chi connectivity index (χ1n) is 7.35. The number of aliphatic hydroxyl groups excluding tert-OH is 2. The lowest BCUT2D eigenvalue weighted by atomic mass is 9.79. The number of hydrogen-bond donors (Lipinski definition) is 6. The summed E-state index contributed by atoms with van der Waals surface area (Å²) in [5.41, 5.74) is -1.94. The Morgan fingerprint density at radius 3 is 2.44 bits per heavy atom. The number of phenolic OH excluding ortho intramolecular Hbond substituents is 2. The van der Waals surface area contributed by atoms with Gasteiger partial charge in [0.25, 0.3) is 0 Å². The molecular weight excluding hydrogens is 336 g/mol. The van der Waals surface area contributed by atoms with Gasteiger partial charge in [-0.05, 0) is 23.8 Å². The molecule has 0 aromatic heterocycles. The lowest BCUT2D eigenvalue weighted by Gasteiger charge is -2.39. The summed E-state index contributed by atoms with van der Waals surface area (Å²) in [5.74, 6) is -3.24. The number of carboxylic acids is 1. The third kappa shape index (κ3) is 4.27. The first-order chi connectivity index (χ1) is 11.6. The normalized spacial score (nSPS) is 29.5. The number of rotatable bonds is 4. The number of carbonyl (C=O) groups is 2. The highest BCUT2D eigenvalue weighted by Gasteiger charge is 2.50. The zero-order valence-corrected chi connectivity index (χ0v) is 12.9. The number of hydrogen-bond acceptors (Lipinski definition) is 8. The van der Waals surface area contributed by atoms with Crippen LogP contribution in [-0.2, 0) is 14.3 Å². The highest BCUT2D eigenvalue weighted by molar-refractivity contribution is 5.87. The third-order valence-electron chi connectivity index (χ3n) is 3.94. The number of benzene rings is 1. The first-order valence-corrected chi connectivity index (χ1v) is 7.35. The number of ether oxygens (including phenoxy) is 1. The molecule has 1 fully saturated rings. The van der Waals surface area contributed by atoms with Crippen molar-refractivity contribution >= 4 is 18.0 Å². The average molecular weight is 354 g/mol. The van der Waals surface area contributed by atoms with Gasteiger partial charge in [-0.3, -0.25) is 0 Å². The predicted octanol–water partition coefficient (Wildman–Crippen LogP) is -0.646. The molecule has 1 saturated carbocycles. The van der Waals surface area contributed by atoms with Crippen LogP contribution in [0.2, 0.25) is 0 Å². The quantitative estimate of drug-likeness (QED) is 0.234. The summed E-state index contributed by atoms with van der Waals surface area (Å²) in [6, 6.07) is 3.83. The Morgan fingerprint density at radius 2 is 1.84 bits per heavy atom. The van der Waals surface area contributed by atoms with Crippen molar-refractivity contribution in [3.63, 3.8) is 0 Å². The third-order valence-corrected chi connectivity index (χ3v) is 3.94. The monoisotopic (exact) mass is 354 g/mol. The van der Waals surface area contributed by atoms with Gasteiger partial charge in [-0.25, -0.2) is 9.59 Å². The second kappa shape index (κ2) is 7.09. The van der Waals surface area contributed by atoms with Crippen LogP contribution in [0.25, 0.3) is 6.08 Å². The van der Waals surface area contributed by atoms with Crippen molar-refractivity contribution in [2.24, 2.45) is 0 Å². The number of esters is 1. The predicted molar refractivity (Wildman–Crippen MR) is 82.5 cm³/mol. The zero-order chi connectivity index (χ0) is 18.8. The minimum Gasteiger partial charge on any atom is -0.504 e. The molecule has 2 rings (SSSR count). The van der Waals surface area contributed by atoms with Crippen LogP contribution in [0.3, 0.4) is 0 Å². The molecule has 136 valence electrons. The number of aliphatic carboxylic acids is 1. The average Bonchev–Trinajstić information content (AvgIpc) is 2.53. The van der Waals surface area contributed by atoms with E-state index < -0.39 is 48.7 Å². The second-order valence-corrected chi connectivity index (χ2v) is 5.86. The fourth-order valence-corrected chi connectivity index (χ4v) is 2.53. The maximum Gasteiger partial charge on any atom is 0.335 e. The minimum absolute atomic E-state index is 0.327. The van der Waals surface area contributed by atoms with Gasteiger partial charge in [-0.1, -0.05) is 6.07 Å². The van der Waals surface area contributed by atoms with Crippen molar-refractivity contribution < 1.29 is 45.0 Å². The van der Waals surface area contributed by atoms with E-state index in [0.29, 0.717) is 5.56 Å². The molecule has 0 saturated heterocycles. The van der Waals surface area contributed by atoms with Gasteiger partial charge in [-0.2, -0.15) is 0 Å². The number of aromatic hydroxyl groups is 2. The number of carboxylic acid groups (broad SMARTS) is 1. The highest BCUT2D eigenvalue weighted by atomic mass is 16.6. The van der Waals surface area contributed by atoms with Crippen LogP contribution in [0.5, 0.6) is 11.5 Å². The summed E-state index contributed by atoms with van der Waals surface area (Å²) in [5, 5.41) is 57.0. The van der Waals surface area contributed by atoms with Gasteiger partial charge in [0.1, 0.15) is 12.2 Å². The summed E-state index contributed by atoms with van der Waals surface area (Å²) in [7, 11) is 0. The summed E-state index contributed by atoms with van der Waals surface area (Å²) in [6.45, 7) is 0. The van der Waals surface area contributed by atoms with E-state index in [1.807, 2.05) is 0 Å². The van der Waals surface area contributed by atoms with Crippen molar-refractivity contribution in [3.05, 3.63) is 29.8 Å². The molecule has 0 radical (unpaired) electrons. The van der Waals surface area contributed by atoms with E-state index in [1.165, 1.54) is 24.3 Å². The summed E-state index contributed by atoms with van der Waals surface area (Å²) in [4.78, 5) is 22.9. The van der Waals surface area contributed by atoms with Crippen LogP contribution in [0.1, 0.15) is 18.4 Å². The Hall–Kier alpha value is -2.62. The fourth-order valence-electron chi connectivity index (χ4n) is 2.53. The Kier molecular flexibility index (Phi) is 5.31. The lowest BCUT2D eigenvalue weighted by Crippen LogP contribution is -2.57. The van der Waals surface area contributed by atoms with Crippen molar-refractivity contribution in [2.75, 3.05) is 0 Å². The van der Waals surface area contributed by atoms with E-state index in [9.17, 15) is 35.1 Å². The van der Waals surface area contributed by atoms with Crippen LogP contribution in [0, 0.1) is 0 Å². The van der Waals surface area contributed by atoms with Crippen LogP contribution in [-0.4, -0.2) is 66.5 Å². The van der Waals surface area contributed by atoms with Crippen LogP contribution < -0.4 is 0 Å². The van der Waals surface area contributed by atoms with Gasteiger partial charge in [0, 0.05) is 18.9 Å². The maximum atomic E-state index is 11.8. The van der Waals surface area contributed by atoms with Crippen molar-refractivity contribution in [1.82, 2.24) is 0 Å². The molecule has 4 atom stereocenters. The molecule has 0 heterocycles. The Labute approximate surface area is 142 Å². The van der Waals surface area contributed by atoms with Crippen molar-refractivity contribution in [3.8, 4) is 11.5 Å². The standard InChI is InChI=1S/C16H18O9/c17-9-3-1-8(5-10(9)18)2-4-13(20)25-12-7-16(24,15(22)23)6-11(19)14(12)21/h1-5,11-12,14,17-19,21,24H,6-7H2,(H,22,23)/b4-2+/t11-,12-,14+,16?/m1/s1. The van der Waals surface area contributed by atoms with Gasteiger partial charge < -0.3 is 35.4 Å². The fraction of sp³-hybridized carbons (Fsp3) is 0.375. The largest absolute Gasteiger partial charge is 0.504 e. The Bertz CT molecular complexity index is 699. The van der Waals surface area contributed by atoms with E-state index in [1.54, 1.807) is 0 Å². The molecule has 0 spiro atoms. The smallest absolute Gasteiger partial charge is 0.335 e. The van der Waals surface area contributed by atoms with Crippen LogP contribution in [0.4, 0.5) is 0 Å². The van der Waals surface area contributed by atoms with Crippen LogP contribution >= 0.6 is 0 Å². The molecule has 9 heteroatoms. The van der Waals surface area contributed by atoms with Crippen LogP contribution in [0.15, 0.2) is 24.3 Å². The topological polar surface area (TPSA) is 165 Å². The van der Waals surface area contributed by atoms with E-state index in [-0.39, 0.29) is 11.5 Å². The molecule has 1 aliphatic rings. The SMILES string of the molecule is O=C(/C=C/c1ccc(O)c(O)c1)O[C@@H]1CC(O)(C(=O)O)C[C@@H](O)[C@@H]1O. The van der Waals surface area contributed by atoms with Gasteiger partial charge in [0.05, 0.1) is 6.10 Å². The number of phenols is 2. The summed E-state index contributed by atoms with van der Waals surface area (Å²) >= 11 is 0. The van der Waals surface area contributed by atoms with Gasteiger partial charge in [-0.15, -0.1) is 0 Å². The van der Waals surface area contributed by atoms with E-state index >= 15 is 0 Å². The highest BCUT2D eigenvalue weighted by Crippen LogP contribution is 2.31. The summed E-state index contributed by atoms with van der Waals surface area (Å²) in [6.07, 6.45) is -3.44. The van der Waals surface area contributed by atoms with Gasteiger partial charge in [0.15, 0.2) is 17.1 Å². The second-order valence-electron chi connectivity index (χ2n) is 5.86. The first kappa shape index (κ1) is 18.7.